The lowest BCUT2D eigenvalue weighted by atomic mass is 10.1. The van der Waals surface area contributed by atoms with Crippen LogP contribution >= 0.6 is 34.8 Å². The number of rotatable bonds is 1. The van der Waals surface area contributed by atoms with Crippen molar-refractivity contribution in [1.29, 1.82) is 0 Å². The van der Waals surface area contributed by atoms with Crippen molar-refractivity contribution in [3.8, 4) is 11.3 Å². The molecule has 0 spiro atoms. The Bertz CT molecular complexity index is 579. The molecule has 0 amide bonds. The molecule has 0 saturated heterocycles. The lowest BCUT2D eigenvalue weighted by Crippen LogP contribution is -1.92. The van der Waals surface area contributed by atoms with Crippen LogP contribution in [0.3, 0.4) is 0 Å². The van der Waals surface area contributed by atoms with E-state index in [1.807, 2.05) is 26.0 Å². The van der Waals surface area contributed by atoms with E-state index in [1.54, 1.807) is 12.1 Å². The van der Waals surface area contributed by atoms with Crippen LogP contribution in [0.4, 0.5) is 0 Å². The molecule has 1 aromatic carbocycles. The maximum absolute atomic E-state index is 6.18. The average Bonchev–Trinajstić information content (AvgIpc) is 2.27. The summed E-state index contributed by atoms with van der Waals surface area (Å²) in [7, 11) is 0. The van der Waals surface area contributed by atoms with Crippen LogP contribution in [0.25, 0.3) is 11.3 Å². The van der Waals surface area contributed by atoms with Gasteiger partial charge in [-0.3, -0.25) is 4.98 Å². The summed E-state index contributed by atoms with van der Waals surface area (Å²) in [5.74, 6) is 0. The van der Waals surface area contributed by atoms with Gasteiger partial charge in [0.1, 0.15) is 0 Å². The van der Waals surface area contributed by atoms with E-state index >= 15 is 0 Å². The standard InChI is InChI=1S/C13H10Cl3N/c1-7-3-4-8(2)17-13(7)9-5-11(15)12(16)6-10(9)14/h3-6H,1-2H3. The Balaban J connectivity index is 2.68. The van der Waals surface area contributed by atoms with Crippen LogP contribution < -0.4 is 0 Å². The summed E-state index contributed by atoms with van der Waals surface area (Å²) in [5.41, 5.74) is 3.64. The molecule has 0 radical (unpaired) electrons. The summed E-state index contributed by atoms with van der Waals surface area (Å²) in [6.45, 7) is 3.93. The number of nitrogens with zero attached hydrogens (tertiary/aromatic N) is 1. The van der Waals surface area contributed by atoms with Crippen LogP contribution in [0.2, 0.25) is 15.1 Å². The SMILES string of the molecule is Cc1ccc(C)c(-c2cc(Cl)c(Cl)cc2Cl)n1. The topological polar surface area (TPSA) is 12.9 Å². The number of benzene rings is 1. The normalized spacial score (nSPS) is 10.6. The van der Waals surface area contributed by atoms with E-state index in [0.29, 0.717) is 15.1 Å². The first kappa shape index (κ1) is 12.7. The van der Waals surface area contributed by atoms with Crippen molar-refractivity contribution >= 4 is 34.8 Å². The molecule has 1 aromatic heterocycles. The molecule has 2 rings (SSSR count). The van der Waals surface area contributed by atoms with Gasteiger partial charge in [-0.1, -0.05) is 40.9 Å². The highest BCUT2D eigenvalue weighted by Gasteiger charge is 2.11. The van der Waals surface area contributed by atoms with Crippen molar-refractivity contribution in [2.75, 3.05) is 0 Å². The minimum Gasteiger partial charge on any atom is -0.253 e. The Morgan fingerprint density at radius 1 is 0.882 bits per heavy atom. The van der Waals surface area contributed by atoms with Gasteiger partial charge in [-0.05, 0) is 37.6 Å². The highest BCUT2D eigenvalue weighted by molar-refractivity contribution is 6.44. The highest BCUT2D eigenvalue weighted by atomic mass is 35.5. The Morgan fingerprint density at radius 2 is 1.53 bits per heavy atom. The van der Waals surface area contributed by atoms with Crippen molar-refractivity contribution < 1.29 is 0 Å². The first-order valence-electron chi connectivity index (χ1n) is 5.08. The van der Waals surface area contributed by atoms with Gasteiger partial charge < -0.3 is 0 Å². The fourth-order valence-electron chi connectivity index (χ4n) is 1.60. The average molecular weight is 287 g/mol. The first-order valence-corrected chi connectivity index (χ1v) is 6.21. The first-order chi connectivity index (χ1) is 7.99. The van der Waals surface area contributed by atoms with Gasteiger partial charge in [-0.25, -0.2) is 0 Å². The van der Waals surface area contributed by atoms with Crippen molar-refractivity contribution in [3.05, 3.63) is 50.6 Å². The molecule has 0 N–H and O–H groups in total. The molecular formula is C13H10Cl3N. The van der Waals surface area contributed by atoms with Crippen LogP contribution in [-0.2, 0) is 0 Å². The van der Waals surface area contributed by atoms with Gasteiger partial charge in [0.25, 0.3) is 0 Å². The Kier molecular flexibility index (Phi) is 3.62. The molecule has 88 valence electrons. The summed E-state index contributed by atoms with van der Waals surface area (Å²) in [6.07, 6.45) is 0. The zero-order valence-electron chi connectivity index (χ0n) is 9.39. The largest absolute Gasteiger partial charge is 0.253 e. The van der Waals surface area contributed by atoms with Crippen molar-refractivity contribution in [1.82, 2.24) is 4.98 Å². The number of hydrogen-bond acceptors (Lipinski definition) is 1. The van der Waals surface area contributed by atoms with Gasteiger partial charge in [-0.15, -0.1) is 0 Å². The van der Waals surface area contributed by atoms with Crippen molar-refractivity contribution in [2.24, 2.45) is 0 Å². The molecule has 0 saturated carbocycles. The molecule has 0 fully saturated rings. The predicted octanol–water partition coefficient (Wildman–Crippen LogP) is 5.33. The quantitative estimate of drug-likeness (QED) is 0.646. The number of aryl methyl sites for hydroxylation is 2. The van der Waals surface area contributed by atoms with Crippen LogP contribution in [0.5, 0.6) is 0 Å². The van der Waals surface area contributed by atoms with Crippen LogP contribution in [0.1, 0.15) is 11.3 Å². The van der Waals surface area contributed by atoms with E-state index in [-0.39, 0.29) is 0 Å². The number of aromatic nitrogens is 1. The molecule has 0 aliphatic carbocycles. The second-order valence-electron chi connectivity index (χ2n) is 3.86. The fourth-order valence-corrected chi connectivity index (χ4v) is 2.24. The van der Waals surface area contributed by atoms with E-state index in [4.69, 9.17) is 34.8 Å². The molecule has 1 nitrogen and oxygen atoms in total. The minimum absolute atomic E-state index is 0.450. The summed E-state index contributed by atoms with van der Waals surface area (Å²) in [6, 6.07) is 7.37. The molecule has 0 aliphatic rings. The van der Waals surface area contributed by atoms with Crippen molar-refractivity contribution in [2.45, 2.75) is 13.8 Å². The Labute approximate surface area is 115 Å². The number of pyridine rings is 1. The highest BCUT2D eigenvalue weighted by Crippen LogP contribution is 2.35. The monoisotopic (exact) mass is 285 g/mol. The third kappa shape index (κ3) is 2.57. The predicted molar refractivity (Wildman–Crippen MR) is 74.2 cm³/mol. The third-order valence-corrected chi connectivity index (χ3v) is 3.54. The zero-order valence-corrected chi connectivity index (χ0v) is 11.7. The summed E-state index contributed by atoms with van der Waals surface area (Å²) in [4.78, 5) is 4.49. The van der Waals surface area contributed by atoms with Crippen LogP contribution in [0.15, 0.2) is 24.3 Å². The molecule has 0 bridgehead atoms. The number of halogens is 3. The summed E-state index contributed by atoms with van der Waals surface area (Å²) < 4.78 is 0. The molecule has 4 heteroatoms. The molecule has 17 heavy (non-hydrogen) atoms. The van der Waals surface area contributed by atoms with Gasteiger partial charge in [0.15, 0.2) is 0 Å². The smallest absolute Gasteiger partial charge is 0.0749 e. The Hall–Kier alpha value is -0.760. The van der Waals surface area contributed by atoms with Gasteiger partial charge >= 0.3 is 0 Å². The fraction of sp³-hybridized carbons (Fsp3) is 0.154. The lowest BCUT2D eigenvalue weighted by molar-refractivity contribution is 1.18. The molecule has 1 heterocycles. The van der Waals surface area contributed by atoms with E-state index in [0.717, 1.165) is 22.5 Å². The van der Waals surface area contributed by atoms with Gasteiger partial charge in [0, 0.05) is 11.3 Å². The second kappa shape index (κ2) is 4.85. The van der Waals surface area contributed by atoms with Crippen molar-refractivity contribution in [3.63, 3.8) is 0 Å². The van der Waals surface area contributed by atoms with E-state index in [9.17, 15) is 0 Å². The second-order valence-corrected chi connectivity index (χ2v) is 5.09. The number of hydrogen-bond donors (Lipinski definition) is 0. The maximum Gasteiger partial charge on any atom is 0.0749 e. The lowest BCUT2D eigenvalue weighted by Gasteiger charge is -2.09. The molecule has 0 unspecified atom stereocenters. The molecule has 0 aliphatic heterocycles. The maximum atomic E-state index is 6.18. The van der Waals surface area contributed by atoms with Gasteiger partial charge in [0.05, 0.1) is 20.8 Å². The van der Waals surface area contributed by atoms with E-state index < -0.39 is 0 Å². The van der Waals surface area contributed by atoms with Gasteiger partial charge in [-0.2, -0.15) is 0 Å². The van der Waals surface area contributed by atoms with E-state index in [2.05, 4.69) is 4.98 Å². The summed E-state index contributed by atoms with van der Waals surface area (Å²) >= 11 is 18.1. The molecule has 2 aromatic rings. The molecular weight excluding hydrogens is 277 g/mol. The molecule has 0 atom stereocenters. The van der Waals surface area contributed by atoms with Gasteiger partial charge in [0.2, 0.25) is 0 Å². The Morgan fingerprint density at radius 3 is 2.24 bits per heavy atom. The van der Waals surface area contributed by atoms with Crippen LogP contribution in [0, 0.1) is 13.8 Å². The van der Waals surface area contributed by atoms with E-state index in [1.165, 1.54) is 0 Å². The third-order valence-electron chi connectivity index (χ3n) is 2.50. The summed E-state index contributed by atoms with van der Waals surface area (Å²) in [5, 5.41) is 1.49. The zero-order chi connectivity index (χ0) is 12.6. The minimum atomic E-state index is 0.450. The van der Waals surface area contributed by atoms with Crippen LogP contribution in [-0.4, -0.2) is 4.98 Å².